The fourth-order valence-electron chi connectivity index (χ4n) is 2.67. The maximum atomic E-state index is 12.2. The summed E-state index contributed by atoms with van der Waals surface area (Å²) >= 11 is 0. The van der Waals surface area contributed by atoms with Gasteiger partial charge in [-0.25, -0.2) is 4.79 Å². The predicted molar refractivity (Wildman–Crippen MR) is 80.0 cm³/mol. The summed E-state index contributed by atoms with van der Waals surface area (Å²) in [5.41, 5.74) is 1.83. The number of hydrogen-bond acceptors (Lipinski definition) is 5. The Balaban J connectivity index is 2.18. The number of fused-ring (bicyclic) bond motifs is 1. The SMILES string of the molecule is COC(=O)c1cc(C)cc2c1ccc(=O)n2CC1OCCO1. The van der Waals surface area contributed by atoms with Gasteiger partial charge in [-0.2, -0.15) is 0 Å². The summed E-state index contributed by atoms with van der Waals surface area (Å²) in [6.45, 7) is 3.21. The number of aryl methyl sites for hydroxylation is 1. The second kappa shape index (κ2) is 5.90. The minimum absolute atomic E-state index is 0.159. The van der Waals surface area contributed by atoms with Gasteiger partial charge in [0.15, 0.2) is 6.29 Å². The maximum absolute atomic E-state index is 12.2. The lowest BCUT2D eigenvalue weighted by Crippen LogP contribution is -2.27. The van der Waals surface area contributed by atoms with Crippen LogP contribution in [0.25, 0.3) is 10.9 Å². The molecule has 2 aromatic rings. The van der Waals surface area contributed by atoms with Gasteiger partial charge in [-0.05, 0) is 30.7 Å². The van der Waals surface area contributed by atoms with Gasteiger partial charge in [-0.1, -0.05) is 0 Å². The molecule has 0 aliphatic carbocycles. The average Bonchev–Trinajstić information content (AvgIpc) is 3.02. The molecule has 1 aliphatic rings. The van der Waals surface area contributed by atoms with Crippen molar-refractivity contribution in [2.45, 2.75) is 19.8 Å². The summed E-state index contributed by atoms with van der Waals surface area (Å²) < 4.78 is 17.2. The molecule has 6 nitrogen and oxygen atoms in total. The van der Waals surface area contributed by atoms with Gasteiger partial charge in [0.05, 0.1) is 37.9 Å². The van der Waals surface area contributed by atoms with E-state index < -0.39 is 12.3 Å². The first kappa shape index (κ1) is 14.7. The molecule has 116 valence electrons. The van der Waals surface area contributed by atoms with Crippen LogP contribution in [0.5, 0.6) is 0 Å². The van der Waals surface area contributed by atoms with Crippen molar-refractivity contribution in [3.05, 3.63) is 45.7 Å². The number of rotatable bonds is 3. The fraction of sp³-hybridized carbons (Fsp3) is 0.375. The molecule has 6 heteroatoms. The Morgan fingerprint density at radius 2 is 2.05 bits per heavy atom. The van der Waals surface area contributed by atoms with E-state index in [1.54, 1.807) is 16.7 Å². The zero-order valence-corrected chi connectivity index (χ0v) is 12.5. The fourth-order valence-corrected chi connectivity index (χ4v) is 2.67. The lowest BCUT2D eigenvalue weighted by Gasteiger charge is -2.16. The Bertz CT molecular complexity index is 774. The van der Waals surface area contributed by atoms with Crippen LogP contribution >= 0.6 is 0 Å². The molecular weight excluding hydrogens is 286 g/mol. The topological polar surface area (TPSA) is 66.8 Å². The van der Waals surface area contributed by atoms with Crippen LogP contribution in [0.1, 0.15) is 15.9 Å². The minimum atomic E-state index is -0.439. The number of esters is 1. The van der Waals surface area contributed by atoms with Crippen LogP contribution in [0.3, 0.4) is 0 Å². The van der Waals surface area contributed by atoms with Crippen molar-refractivity contribution in [1.82, 2.24) is 4.57 Å². The highest BCUT2D eigenvalue weighted by atomic mass is 16.7. The van der Waals surface area contributed by atoms with Gasteiger partial charge in [0.1, 0.15) is 0 Å². The number of carbonyl (C=O) groups excluding carboxylic acids is 1. The molecule has 0 bridgehead atoms. The monoisotopic (exact) mass is 303 g/mol. The van der Waals surface area contributed by atoms with Crippen LogP contribution in [0.2, 0.25) is 0 Å². The molecule has 1 aliphatic heterocycles. The Kier molecular flexibility index (Phi) is 3.96. The third-order valence-electron chi connectivity index (χ3n) is 3.68. The molecule has 0 spiro atoms. The summed E-state index contributed by atoms with van der Waals surface area (Å²) in [7, 11) is 1.34. The summed E-state index contributed by atoms with van der Waals surface area (Å²) in [6, 6.07) is 6.72. The Labute approximate surface area is 127 Å². The van der Waals surface area contributed by atoms with E-state index in [2.05, 4.69) is 0 Å². The quantitative estimate of drug-likeness (QED) is 0.803. The molecule has 1 aromatic heterocycles. The van der Waals surface area contributed by atoms with Crippen molar-refractivity contribution in [2.24, 2.45) is 0 Å². The third kappa shape index (κ3) is 2.63. The van der Waals surface area contributed by atoms with Gasteiger partial charge < -0.3 is 18.8 Å². The first-order chi connectivity index (χ1) is 10.6. The number of carbonyl (C=O) groups is 1. The largest absolute Gasteiger partial charge is 0.465 e. The van der Waals surface area contributed by atoms with Crippen molar-refractivity contribution in [1.29, 1.82) is 0 Å². The molecule has 0 radical (unpaired) electrons. The lowest BCUT2D eigenvalue weighted by molar-refractivity contribution is -0.0522. The predicted octanol–water partition coefficient (Wildman–Crippen LogP) is 1.47. The smallest absolute Gasteiger partial charge is 0.338 e. The minimum Gasteiger partial charge on any atom is -0.465 e. The number of methoxy groups -OCH3 is 1. The Morgan fingerprint density at radius 3 is 2.73 bits per heavy atom. The number of nitrogens with zero attached hydrogens (tertiary/aromatic N) is 1. The van der Waals surface area contributed by atoms with E-state index in [9.17, 15) is 9.59 Å². The summed E-state index contributed by atoms with van der Waals surface area (Å²) in [5, 5.41) is 0.676. The van der Waals surface area contributed by atoms with Crippen LogP contribution in [0.15, 0.2) is 29.1 Å². The van der Waals surface area contributed by atoms with E-state index in [1.165, 1.54) is 13.2 Å². The second-order valence-corrected chi connectivity index (χ2v) is 5.19. The molecule has 3 rings (SSSR count). The number of aromatic nitrogens is 1. The molecule has 0 N–H and O–H groups in total. The molecule has 0 atom stereocenters. The summed E-state index contributed by atoms with van der Waals surface area (Å²) in [4.78, 5) is 24.2. The van der Waals surface area contributed by atoms with Gasteiger partial charge in [0.2, 0.25) is 0 Å². The molecule has 1 aromatic carbocycles. The van der Waals surface area contributed by atoms with Crippen molar-refractivity contribution in [3.8, 4) is 0 Å². The number of pyridine rings is 1. The third-order valence-corrected chi connectivity index (χ3v) is 3.68. The number of hydrogen-bond donors (Lipinski definition) is 0. The molecule has 0 unspecified atom stereocenters. The van der Waals surface area contributed by atoms with Gasteiger partial charge in [-0.15, -0.1) is 0 Å². The summed E-state index contributed by atoms with van der Waals surface area (Å²) in [6.07, 6.45) is -0.439. The molecule has 1 saturated heterocycles. The zero-order chi connectivity index (χ0) is 15.7. The average molecular weight is 303 g/mol. The molecule has 22 heavy (non-hydrogen) atoms. The standard InChI is InChI=1S/C16H17NO5/c1-10-7-12(16(19)20-2)11-3-4-14(18)17(13(11)8-10)9-15-21-5-6-22-15/h3-4,7-8,15H,5-6,9H2,1-2H3. The van der Waals surface area contributed by atoms with Crippen LogP contribution < -0.4 is 5.56 Å². The number of benzene rings is 1. The van der Waals surface area contributed by atoms with E-state index in [4.69, 9.17) is 14.2 Å². The molecule has 2 heterocycles. The van der Waals surface area contributed by atoms with Crippen molar-refractivity contribution >= 4 is 16.9 Å². The first-order valence-electron chi connectivity index (χ1n) is 7.06. The van der Waals surface area contributed by atoms with Crippen molar-refractivity contribution in [2.75, 3.05) is 20.3 Å². The molecule has 0 amide bonds. The molecule has 0 saturated carbocycles. The number of ether oxygens (including phenoxy) is 3. The van der Waals surface area contributed by atoms with Crippen molar-refractivity contribution in [3.63, 3.8) is 0 Å². The first-order valence-corrected chi connectivity index (χ1v) is 7.06. The molecule has 1 fully saturated rings. The Morgan fingerprint density at radius 1 is 1.32 bits per heavy atom. The van der Waals surface area contributed by atoms with Gasteiger partial charge in [0, 0.05) is 11.5 Å². The lowest BCUT2D eigenvalue weighted by atomic mass is 10.0. The highest BCUT2D eigenvalue weighted by molar-refractivity contribution is 6.03. The highest BCUT2D eigenvalue weighted by Crippen LogP contribution is 2.21. The van der Waals surface area contributed by atoms with Crippen LogP contribution in [0, 0.1) is 6.92 Å². The van der Waals surface area contributed by atoms with E-state index in [0.29, 0.717) is 36.2 Å². The Hall–Kier alpha value is -2.18. The van der Waals surface area contributed by atoms with Crippen LogP contribution in [0.4, 0.5) is 0 Å². The summed E-state index contributed by atoms with van der Waals surface area (Å²) in [5.74, 6) is -0.424. The van der Waals surface area contributed by atoms with Crippen LogP contribution in [-0.2, 0) is 20.8 Å². The van der Waals surface area contributed by atoms with Gasteiger partial charge in [-0.3, -0.25) is 4.79 Å². The molecular formula is C16H17NO5. The van der Waals surface area contributed by atoms with E-state index in [1.807, 2.05) is 13.0 Å². The maximum Gasteiger partial charge on any atom is 0.338 e. The van der Waals surface area contributed by atoms with Gasteiger partial charge in [0.25, 0.3) is 5.56 Å². The second-order valence-electron chi connectivity index (χ2n) is 5.19. The zero-order valence-electron chi connectivity index (χ0n) is 12.5. The van der Waals surface area contributed by atoms with E-state index >= 15 is 0 Å². The van der Waals surface area contributed by atoms with E-state index in [0.717, 1.165) is 5.56 Å². The van der Waals surface area contributed by atoms with E-state index in [-0.39, 0.29) is 5.56 Å². The van der Waals surface area contributed by atoms with Crippen LogP contribution in [-0.4, -0.2) is 37.1 Å². The normalized spacial score (nSPS) is 15.4. The van der Waals surface area contributed by atoms with Gasteiger partial charge >= 0.3 is 5.97 Å². The highest BCUT2D eigenvalue weighted by Gasteiger charge is 2.20. The van der Waals surface area contributed by atoms with Crippen molar-refractivity contribution < 1.29 is 19.0 Å².